The van der Waals surface area contributed by atoms with E-state index in [1.54, 1.807) is 13.2 Å². The number of aryl methyl sites for hydroxylation is 2. The third-order valence-electron chi connectivity index (χ3n) is 5.11. The van der Waals surface area contributed by atoms with Gasteiger partial charge < -0.3 is 25.0 Å². The maximum Gasteiger partial charge on any atom is 0.224 e. The number of nitrogens with zero attached hydrogens (tertiary/aromatic N) is 2. The number of pyridine rings is 1. The van der Waals surface area contributed by atoms with E-state index in [1.165, 1.54) is 0 Å². The van der Waals surface area contributed by atoms with Gasteiger partial charge in [0.1, 0.15) is 18.2 Å². The summed E-state index contributed by atoms with van der Waals surface area (Å²) in [6.45, 7) is 5.58. The number of aliphatic hydroxyl groups excluding tert-OH is 1. The highest BCUT2D eigenvalue weighted by Crippen LogP contribution is 2.17. The fourth-order valence-electron chi connectivity index (χ4n) is 3.33. The normalized spacial score (nSPS) is 11.9. The molecular weight excluding hydrogens is 392 g/mol. The second kappa shape index (κ2) is 10.7. The van der Waals surface area contributed by atoms with E-state index in [0.29, 0.717) is 26.1 Å². The quantitative estimate of drug-likeness (QED) is 0.437. The van der Waals surface area contributed by atoms with Gasteiger partial charge in [-0.15, -0.1) is 0 Å². The van der Waals surface area contributed by atoms with E-state index < -0.39 is 6.10 Å². The van der Waals surface area contributed by atoms with Crippen molar-refractivity contribution in [2.24, 2.45) is 0 Å². The maximum absolute atomic E-state index is 11.4. The predicted molar refractivity (Wildman–Crippen MR) is 121 cm³/mol. The van der Waals surface area contributed by atoms with Crippen molar-refractivity contribution in [3.63, 3.8) is 0 Å². The summed E-state index contributed by atoms with van der Waals surface area (Å²) in [6.07, 6.45) is 1.44. The standard InChI is InChI=1S/C24H30N4O3/c1-17-4-5-18(2)28(17)23-11-8-20(15-27-23)22(29)16-26-12-13-31-21-9-6-19(7-10-21)14-24(30)25-3/h4-11,15,22,26,29H,12-14,16H2,1-3H3,(H,25,30)/t22-/m0/s1. The Morgan fingerprint density at radius 2 is 1.81 bits per heavy atom. The van der Waals surface area contributed by atoms with E-state index in [4.69, 9.17) is 4.74 Å². The number of benzene rings is 1. The molecule has 31 heavy (non-hydrogen) atoms. The van der Waals surface area contributed by atoms with Gasteiger partial charge >= 0.3 is 0 Å². The Hall–Kier alpha value is -3.16. The molecule has 2 aromatic heterocycles. The van der Waals surface area contributed by atoms with Gasteiger partial charge in [-0.25, -0.2) is 4.98 Å². The highest BCUT2D eigenvalue weighted by Gasteiger charge is 2.10. The highest BCUT2D eigenvalue weighted by atomic mass is 16.5. The van der Waals surface area contributed by atoms with Gasteiger partial charge in [0.25, 0.3) is 0 Å². The number of aliphatic hydroxyl groups is 1. The van der Waals surface area contributed by atoms with E-state index in [2.05, 4.69) is 32.3 Å². The topological polar surface area (TPSA) is 88.4 Å². The summed E-state index contributed by atoms with van der Waals surface area (Å²) < 4.78 is 7.78. The molecule has 0 unspecified atom stereocenters. The molecule has 0 fully saturated rings. The van der Waals surface area contributed by atoms with Gasteiger partial charge in [0.05, 0.1) is 12.5 Å². The first kappa shape index (κ1) is 22.5. The molecule has 0 spiro atoms. The first-order valence-corrected chi connectivity index (χ1v) is 10.4. The van der Waals surface area contributed by atoms with Crippen LogP contribution in [0.3, 0.4) is 0 Å². The lowest BCUT2D eigenvalue weighted by Gasteiger charge is -2.14. The highest BCUT2D eigenvalue weighted by molar-refractivity contribution is 5.78. The van der Waals surface area contributed by atoms with Crippen LogP contribution in [0.25, 0.3) is 5.82 Å². The van der Waals surface area contributed by atoms with Gasteiger partial charge in [0, 0.05) is 43.3 Å². The number of ether oxygens (including phenoxy) is 1. The van der Waals surface area contributed by atoms with E-state index in [1.807, 2.05) is 50.2 Å². The van der Waals surface area contributed by atoms with Gasteiger partial charge in [0.15, 0.2) is 0 Å². The molecule has 1 aromatic carbocycles. The fraction of sp³-hybridized carbons (Fsp3) is 0.333. The molecule has 1 amide bonds. The van der Waals surface area contributed by atoms with Crippen LogP contribution >= 0.6 is 0 Å². The van der Waals surface area contributed by atoms with E-state index >= 15 is 0 Å². The number of hydrogen-bond acceptors (Lipinski definition) is 5. The number of nitrogens with one attached hydrogen (secondary N) is 2. The summed E-state index contributed by atoms with van der Waals surface area (Å²) in [6, 6.07) is 15.4. The van der Waals surface area contributed by atoms with Crippen LogP contribution in [-0.2, 0) is 11.2 Å². The fourth-order valence-corrected chi connectivity index (χ4v) is 3.33. The molecule has 0 bridgehead atoms. The van der Waals surface area contributed by atoms with Crippen molar-refractivity contribution in [3.05, 3.63) is 77.2 Å². The van der Waals surface area contributed by atoms with Crippen LogP contribution in [0.5, 0.6) is 5.75 Å². The van der Waals surface area contributed by atoms with E-state index in [0.717, 1.165) is 34.1 Å². The number of amides is 1. The number of carbonyl (C=O) groups excluding carboxylic acids is 1. The van der Waals surface area contributed by atoms with Gasteiger partial charge in [-0.1, -0.05) is 18.2 Å². The Balaban J connectivity index is 1.40. The number of aromatic nitrogens is 2. The summed E-state index contributed by atoms with van der Waals surface area (Å²) in [5, 5.41) is 16.2. The monoisotopic (exact) mass is 422 g/mol. The molecule has 0 aliphatic rings. The maximum atomic E-state index is 11.4. The number of carbonyl (C=O) groups is 1. The Bertz CT molecular complexity index is 962. The predicted octanol–water partition coefficient (Wildman–Crippen LogP) is 2.48. The smallest absolute Gasteiger partial charge is 0.224 e. The minimum atomic E-state index is -0.641. The summed E-state index contributed by atoms with van der Waals surface area (Å²) in [7, 11) is 1.63. The van der Waals surface area contributed by atoms with Crippen LogP contribution in [0.15, 0.2) is 54.7 Å². The molecule has 2 heterocycles. The second-order valence-corrected chi connectivity index (χ2v) is 7.46. The van der Waals surface area contributed by atoms with E-state index in [-0.39, 0.29) is 5.91 Å². The minimum absolute atomic E-state index is 0.0174. The molecule has 3 aromatic rings. The van der Waals surface area contributed by atoms with Crippen molar-refractivity contribution < 1.29 is 14.6 Å². The van der Waals surface area contributed by atoms with Crippen LogP contribution in [0.4, 0.5) is 0 Å². The first-order valence-electron chi connectivity index (χ1n) is 10.4. The molecule has 1 atom stereocenters. The average Bonchev–Trinajstić information content (AvgIpc) is 3.12. The van der Waals surface area contributed by atoms with Crippen LogP contribution < -0.4 is 15.4 Å². The van der Waals surface area contributed by atoms with Crippen molar-refractivity contribution >= 4 is 5.91 Å². The van der Waals surface area contributed by atoms with E-state index in [9.17, 15) is 9.90 Å². The molecule has 3 N–H and O–H groups in total. The summed E-state index contributed by atoms with van der Waals surface area (Å²) >= 11 is 0. The average molecular weight is 423 g/mol. The first-order chi connectivity index (χ1) is 15.0. The number of hydrogen-bond donors (Lipinski definition) is 3. The van der Waals surface area contributed by atoms with Crippen LogP contribution in [0, 0.1) is 13.8 Å². The van der Waals surface area contributed by atoms with Crippen molar-refractivity contribution in [3.8, 4) is 11.6 Å². The van der Waals surface area contributed by atoms with Crippen molar-refractivity contribution in [1.29, 1.82) is 0 Å². The van der Waals surface area contributed by atoms with Crippen molar-refractivity contribution in [1.82, 2.24) is 20.2 Å². The third-order valence-corrected chi connectivity index (χ3v) is 5.11. The van der Waals surface area contributed by atoms with Gasteiger partial charge in [-0.2, -0.15) is 0 Å². The number of rotatable bonds is 10. The third kappa shape index (κ3) is 6.16. The largest absolute Gasteiger partial charge is 0.492 e. The van der Waals surface area contributed by atoms with Crippen molar-refractivity contribution in [2.45, 2.75) is 26.4 Å². The molecule has 0 aliphatic carbocycles. The molecule has 0 aliphatic heterocycles. The molecular formula is C24H30N4O3. The van der Waals surface area contributed by atoms with Gasteiger partial charge in [-0.3, -0.25) is 4.79 Å². The zero-order valence-corrected chi connectivity index (χ0v) is 18.3. The van der Waals surface area contributed by atoms with Crippen molar-refractivity contribution in [2.75, 3.05) is 26.7 Å². The van der Waals surface area contributed by atoms with Crippen LogP contribution in [0.1, 0.15) is 28.6 Å². The summed E-state index contributed by atoms with van der Waals surface area (Å²) in [4.78, 5) is 15.9. The molecule has 7 nitrogen and oxygen atoms in total. The lowest BCUT2D eigenvalue weighted by molar-refractivity contribution is -0.119. The zero-order chi connectivity index (χ0) is 22.2. The Kier molecular flexibility index (Phi) is 7.81. The zero-order valence-electron chi connectivity index (χ0n) is 18.3. The second-order valence-electron chi connectivity index (χ2n) is 7.46. The minimum Gasteiger partial charge on any atom is -0.492 e. The summed E-state index contributed by atoms with van der Waals surface area (Å²) in [5.41, 5.74) is 3.96. The summed E-state index contributed by atoms with van der Waals surface area (Å²) in [5.74, 6) is 1.58. The molecule has 7 heteroatoms. The van der Waals surface area contributed by atoms with Gasteiger partial charge in [0.2, 0.25) is 5.91 Å². The Morgan fingerprint density at radius 3 is 2.42 bits per heavy atom. The van der Waals surface area contributed by atoms with Crippen LogP contribution in [-0.4, -0.2) is 47.3 Å². The van der Waals surface area contributed by atoms with Gasteiger partial charge in [-0.05, 0) is 49.7 Å². The molecule has 3 rings (SSSR count). The number of likely N-dealkylation sites (N-methyl/N-ethyl adjacent to an activating group) is 1. The Labute approximate surface area is 183 Å². The Morgan fingerprint density at radius 1 is 1.10 bits per heavy atom. The molecule has 164 valence electrons. The molecule has 0 radical (unpaired) electrons. The lowest BCUT2D eigenvalue weighted by Crippen LogP contribution is -2.26. The lowest BCUT2D eigenvalue weighted by atomic mass is 10.1. The van der Waals surface area contributed by atoms with Crippen LogP contribution in [0.2, 0.25) is 0 Å². The SMILES string of the molecule is CNC(=O)Cc1ccc(OCCNC[C@H](O)c2ccc(-n3c(C)ccc3C)nc2)cc1. The molecule has 0 saturated carbocycles. The molecule has 0 saturated heterocycles.